The number of hydrogen-bond acceptors (Lipinski definition) is 3. The van der Waals surface area contributed by atoms with E-state index in [4.69, 9.17) is 0 Å². The van der Waals surface area contributed by atoms with Gasteiger partial charge in [-0.1, -0.05) is 13.3 Å². The first-order valence-corrected chi connectivity index (χ1v) is 7.91. The summed E-state index contributed by atoms with van der Waals surface area (Å²) in [6, 6.07) is 0.635. The maximum Gasteiger partial charge on any atom is 0.0833 e. The fourth-order valence-corrected chi connectivity index (χ4v) is 3.22. The van der Waals surface area contributed by atoms with Gasteiger partial charge in [-0.25, -0.2) is 0 Å². The molecule has 0 amide bonds. The lowest BCUT2D eigenvalue weighted by atomic mass is 9.84. The average Bonchev–Trinajstić information content (AvgIpc) is 2.27. The molecule has 1 fully saturated rings. The first-order chi connectivity index (χ1) is 7.57. The number of nitrogens with one attached hydrogen (secondary N) is 1. The van der Waals surface area contributed by atoms with Crippen molar-refractivity contribution in [1.82, 2.24) is 5.32 Å². The topological polar surface area (TPSA) is 32.3 Å². The highest BCUT2D eigenvalue weighted by molar-refractivity contribution is 7.98. The Hall–Kier alpha value is 0.270. The Kier molecular flexibility index (Phi) is 6.16. The highest BCUT2D eigenvalue weighted by Gasteiger charge is 2.24. The van der Waals surface area contributed by atoms with Crippen LogP contribution in [-0.2, 0) is 0 Å². The molecule has 1 aliphatic carbocycles. The fraction of sp³-hybridized carbons (Fsp3) is 1.00. The zero-order valence-electron chi connectivity index (χ0n) is 11.0. The van der Waals surface area contributed by atoms with Crippen molar-refractivity contribution in [3.63, 3.8) is 0 Å². The first kappa shape index (κ1) is 14.3. The molecule has 0 spiro atoms. The van der Waals surface area contributed by atoms with E-state index in [1.807, 2.05) is 13.2 Å². The predicted molar refractivity (Wildman–Crippen MR) is 73.0 cm³/mol. The molecule has 0 heterocycles. The Morgan fingerprint density at radius 3 is 2.44 bits per heavy atom. The van der Waals surface area contributed by atoms with E-state index in [1.165, 1.54) is 32.1 Å². The van der Waals surface area contributed by atoms with E-state index in [9.17, 15) is 5.11 Å². The van der Waals surface area contributed by atoms with Gasteiger partial charge in [-0.2, -0.15) is 11.8 Å². The van der Waals surface area contributed by atoms with Gasteiger partial charge in [0.2, 0.25) is 0 Å². The highest BCUT2D eigenvalue weighted by atomic mass is 32.2. The number of aliphatic hydroxyl groups is 1. The standard InChI is InChI=1S/C13H27NOS/c1-4-11-5-7-12(8-6-11)14-9-13(2,15)10-16-3/h11-12,14-15H,4-10H2,1-3H3. The Balaban J connectivity index is 2.19. The molecule has 0 saturated heterocycles. The van der Waals surface area contributed by atoms with Gasteiger partial charge in [-0.15, -0.1) is 0 Å². The summed E-state index contributed by atoms with van der Waals surface area (Å²) in [5.41, 5.74) is -0.555. The van der Waals surface area contributed by atoms with Crippen LogP contribution in [0.25, 0.3) is 0 Å². The molecule has 0 aliphatic heterocycles. The van der Waals surface area contributed by atoms with Gasteiger partial charge in [0.15, 0.2) is 0 Å². The third-order valence-electron chi connectivity index (χ3n) is 3.65. The number of hydrogen-bond donors (Lipinski definition) is 2. The van der Waals surface area contributed by atoms with Gasteiger partial charge in [0.25, 0.3) is 0 Å². The molecule has 96 valence electrons. The van der Waals surface area contributed by atoms with E-state index in [-0.39, 0.29) is 0 Å². The molecule has 16 heavy (non-hydrogen) atoms. The van der Waals surface area contributed by atoms with Crippen molar-refractivity contribution in [2.24, 2.45) is 5.92 Å². The second-order valence-corrected chi connectivity index (χ2v) is 6.30. The minimum atomic E-state index is -0.555. The van der Waals surface area contributed by atoms with Crippen molar-refractivity contribution in [3.8, 4) is 0 Å². The van der Waals surface area contributed by atoms with Gasteiger partial charge in [0, 0.05) is 18.3 Å². The summed E-state index contributed by atoms with van der Waals surface area (Å²) >= 11 is 1.71. The summed E-state index contributed by atoms with van der Waals surface area (Å²) in [5, 5.41) is 13.6. The van der Waals surface area contributed by atoms with Gasteiger partial charge in [0.05, 0.1) is 5.60 Å². The maximum absolute atomic E-state index is 10.1. The molecule has 1 rings (SSSR count). The van der Waals surface area contributed by atoms with E-state index in [2.05, 4.69) is 12.2 Å². The largest absolute Gasteiger partial charge is 0.388 e. The molecule has 0 radical (unpaired) electrons. The first-order valence-electron chi connectivity index (χ1n) is 6.52. The molecule has 3 heteroatoms. The zero-order chi connectivity index (χ0) is 12.0. The highest BCUT2D eigenvalue weighted by Crippen LogP contribution is 2.26. The van der Waals surface area contributed by atoms with Gasteiger partial charge in [-0.3, -0.25) is 0 Å². The molecule has 1 atom stereocenters. The summed E-state index contributed by atoms with van der Waals surface area (Å²) in [7, 11) is 0. The average molecular weight is 245 g/mol. The van der Waals surface area contributed by atoms with Crippen LogP contribution in [0.2, 0.25) is 0 Å². The van der Waals surface area contributed by atoms with Crippen LogP contribution in [-0.4, -0.2) is 35.3 Å². The smallest absolute Gasteiger partial charge is 0.0833 e. The fourth-order valence-electron chi connectivity index (χ4n) is 2.50. The second-order valence-electron chi connectivity index (χ2n) is 5.44. The summed E-state index contributed by atoms with van der Waals surface area (Å²) in [5.74, 6) is 1.76. The van der Waals surface area contributed by atoms with Gasteiger partial charge in [-0.05, 0) is 44.8 Å². The van der Waals surface area contributed by atoms with Crippen LogP contribution in [0, 0.1) is 5.92 Å². The molecule has 0 bridgehead atoms. The Morgan fingerprint density at radius 2 is 1.94 bits per heavy atom. The minimum Gasteiger partial charge on any atom is -0.388 e. The molecule has 0 aromatic heterocycles. The van der Waals surface area contributed by atoms with Crippen LogP contribution in [0.1, 0.15) is 46.0 Å². The third kappa shape index (κ3) is 5.07. The Bertz CT molecular complexity index is 188. The molecule has 2 N–H and O–H groups in total. The van der Waals surface area contributed by atoms with Crippen molar-refractivity contribution in [2.45, 2.75) is 57.6 Å². The van der Waals surface area contributed by atoms with Crippen molar-refractivity contribution in [2.75, 3.05) is 18.6 Å². The van der Waals surface area contributed by atoms with E-state index < -0.39 is 5.60 Å². The van der Waals surface area contributed by atoms with Crippen LogP contribution < -0.4 is 5.32 Å². The minimum absolute atomic E-state index is 0.555. The summed E-state index contributed by atoms with van der Waals surface area (Å²) in [6.45, 7) is 4.95. The Labute approximate surface area is 105 Å². The van der Waals surface area contributed by atoms with Gasteiger partial charge >= 0.3 is 0 Å². The lowest BCUT2D eigenvalue weighted by Gasteiger charge is -2.31. The SMILES string of the molecule is CCC1CCC(NCC(C)(O)CSC)CC1. The molecule has 1 saturated carbocycles. The third-order valence-corrected chi connectivity index (χ3v) is 4.56. The van der Waals surface area contributed by atoms with E-state index in [0.29, 0.717) is 6.04 Å². The Morgan fingerprint density at radius 1 is 1.31 bits per heavy atom. The van der Waals surface area contributed by atoms with Crippen molar-refractivity contribution < 1.29 is 5.11 Å². The van der Waals surface area contributed by atoms with E-state index in [0.717, 1.165) is 18.2 Å². The van der Waals surface area contributed by atoms with Gasteiger partial charge in [0.1, 0.15) is 0 Å². The quantitative estimate of drug-likeness (QED) is 0.754. The normalized spacial score (nSPS) is 30.0. The molecular weight excluding hydrogens is 218 g/mol. The van der Waals surface area contributed by atoms with Crippen molar-refractivity contribution in [1.29, 1.82) is 0 Å². The molecule has 1 aliphatic rings. The number of rotatable bonds is 6. The maximum atomic E-state index is 10.1. The van der Waals surface area contributed by atoms with Crippen molar-refractivity contribution >= 4 is 11.8 Å². The predicted octanol–water partition coefficient (Wildman–Crippen LogP) is 2.66. The summed E-state index contributed by atoms with van der Waals surface area (Å²) < 4.78 is 0. The van der Waals surface area contributed by atoms with E-state index >= 15 is 0 Å². The molecule has 0 aromatic rings. The lowest BCUT2D eigenvalue weighted by molar-refractivity contribution is 0.0783. The van der Waals surface area contributed by atoms with Crippen LogP contribution >= 0.6 is 11.8 Å². The van der Waals surface area contributed by atoms with Crippen LogP contribution in [0.4, 0.5) is 0 Å². The molecule has 2 nitrogen and oxygen atoms in total. The molecule has 1 unspecified atom stereocenters. The van der Waals surface area contributed by atoms with Crippen LogP contribution in [0.5, 0.6) is 0 Å². The van der Waals surface area contributed by atoms with Crippen LogP contribution in [0.3, 0.4) is 0 Å². The second kappa shape index (κ2) is 6.87. The van der Waals surface area contributed by atoms with Crippen molar-refractivity contribution in [3.05, 3.63) is 0 Å². The summed E-state index contributed by atoms with van der Waals surface area (Å²) in [6.07, 6.45) is 8.66. The zero-order valence-corrected chi connectivity index (χ0v) is 11.8. The lowest BCUT2D eigenvalue weighted by Crippen LogP contribution is -2.45. The number of thioether (sulfide) groups is 1. The van der Waals surface area contributed by atoms with E-state index in [1.54, 1.807) is 11.8 Å². The molecule has 0 aromatic carbocycles. The summed E-state index contributed by atoms with van der Waals surface area (Å²) in [4.78, 5) is 0. The van der Waals surface area contributed by atoms with Gasteiger partial charge < -0.3 is 10.4 Å². The van der Waals surface area contributed by atoms with Crippen LogP contribution in [0.15, 0.2) is 0 Å². The molecular formula is C13H27NOS. The monoisotopic (exact) mass is 245 g/mol.